The van der Waals surface area contributed by atoms with Gasteiger partial charge in [0.15, 0.2) is 0 Å². The molecule has 0 fully saturated rings. The third-order valence-electron chi connectivity index (χ3n) is 6.32. The van der Waals surface area contributed by atoms with Gasteiger partial charge in [-0.05, 0) is 79.8 Å². The highest BCUT2D eigenvalue weighted by atomic mass is 16.5. The van der Waals surface area contributed by atoms with E-state index >= 15 is 0 Å². The lowest BCUT2D eigenvalue weighted by molar-refractivity contribution is 0.0953. The van der Waals surface area contributed by atoms with Gasteiger partial charge in [-0.1, -0.05) is 31.2 Å². The molecule has 0 aliphatic heterocycles. The van der Waals surface area contributed by atoms with Crippen molar-refractivity contribution in [3.8, 4) is 11.5 Å². The van der Waals surface area contributed by atoms with Crippen molar-refractivity contribution in [2.75, 3.05) is 20.3 Å². The van der Waals surface area contributed by atoms with Gasteiger partial charge < -0.3 is 19.4 Å². The molecule has 4 rings (SSSR count). The van der Waals surface area contributed by atoms with Crippen LogP contribution in [0.25, 0.3) is 11.0 Å². The molecule has 188 valence electrons. The predicted molar refractivity (Wildman–Crippen MR) is 144 cm³/mol. The molecular weight excluding hydrogens is 450 g/mol. The lowest BCUT2D eigenvalue weighted by Crippen LogP contribution is -2.25. The van der Waals surface area contributed by atoms with E-state index in [1.807, 2.05) is 18.2 Å². The molecule has 0 unspecified atom stereocenters. The highest BCUT2D eigenvalue weighted by Crippen LogP contribution is 2.19. The van der Waals surface area contributed by atoms with Gasteiger partial charge in [0.25, 0.3) is 5.91 Å². The fraction of sp³-hybridized carbons (Fsp3) is 0.333. The van der Waals surface area contributed by atoms with Crippen molar-refractivity contribution >= 4 is 16.9 Å². The molecule has 6 heteroatoms. The Morgan fingerprint density at radius 3 is 2.42 bits per heavy atom. The van der Waals surface area contributed by atoms with E-state index in [1.54, 1.807) is 31.4 Å². The molecule has 3 aromatic carbocycles. The number of benzene rings is 3. The standard InChI is InChI=1S/C30H35N3O3/c1-3-23-12-16-26(17-13-23)36-22-7-6-21-33-28-10-5-4-9-27(28)32-29(33)11-8-20-31-30(34)24-14-18-25(35-2)19-15-24/h4-5,9-10,12-19H,3,6-8,11,20-22H2,1-2H3,(H,31,34). The van der Waals surface area contributed by atoms with Crippen molar-refractivity contribution in [2.45, 2.75) is 45.6 Å². The second-order valence-corrected chi connectivity index (χ2v) is 8.81. The van der Waals surface area contributed by atoms with Crippen molar-refractivity contribution in [1.29, 1.82) is 0 Å². The number of hydrogen-bond acceptors (Lipinski definition) is 4. The summed E-state index contributed by atoms with van der Waals surface area (Å²) in [5.41, 5.74) is 4.13. The molecule has 1 N–H and O–H groups in total. The molecule has 0 aliphatic rings. The maximum atomic E-state index is 12.4. The fourth-order valence-electron chi connectivity index (χ4n) is 4.24. The third-order valence-corrected chi connectivity index (χ3v) is 6.32. The summed E-state index contributed by atoms with van der Waals surface area (Å²) in [5.74, 6) is 2.65. The molecule has 1 amide bonds. The number of aromatic nitrogens is 2. The molecule has 0 bridgehead atoms. The summed E-state index contributed by atoms with van der Waals surface area (Å²) in [4.78, 5) is 17.3. The molecule has 0 saturated heterocycles. The maximum Gasteiger partial charge on any atom is 0.251 e. The number of carbonyl (C=O) groups excluding carboxylic acids is 1. The van der Waals surface area contributed by atoms with Crippen LogP contribution in [-0.4, -0.2) is 35.7 Å². The summed E-state index contributed by atoms with van der Waals surface area (Å²) in [6, 6.07) is 23.8. The second kappa shape index (κ2) is 12.8. The summed E-state index contributed by atoms with van der Waals surface area (Å²) in [6.45, 7) is 4.35. The van der Waals surface area contributed by atoms with Gasteiger partial charge in [0.1, 0.15) is 17.3 Å². The number of unbranched alkanes of at least 4 members (excludes halogenated alkanes) is 1. The van der Waals surface area contributed by atoms with Crippen molar-refractivity contribution in [2.24, 2.45) is 0 Å². The first-order valence-corrected chi connectivity index (χ1v) is 12.8. The van der Waals surface area contributed by atoms with Crippen LogP contribution in [0.1, 0.15) is 47.9 Å². The van der Waals surface area contributed by atoms with Gasteiger partial charge in [-0.2, -0.15) is 0 Å². The number of nitrogens with zero attached hydrogens (tertiary/aromatic N) is 2. The van der Waals surface area contributed by atoms with E-state index in [-0.39, 0.29) is 5.91 Å². The van der Waals surface area contributed by atoms with Gasteiger partial charge in [-0.25, -0.2) is 4.98 Å². The zero-order chi connectivity index (χ0) is 25.2. The third kappa shape index (κ3) is 6.66. The number of methoxy groups -OCH3 is 1. The number of ether oxygens (including phenoxy) is 2. The SMILES string of the molecule is CCc1ccc(OCCCCn2c(CCCNC(=O)c3ccc(OC)cc3)nc3ccccc32)cc1. The molecule has 1 aromatic heterocycles. The van der Waals surface area contributed by atoms with E-state index in [1.165, 1.54) is 5.56 Å². The Labute approximate surface area is 213 Å². The van der Waals surface area contributed by atoms with Crippen LogP contribution in [0.4, 0.5) is 0 Å². The van der Waals surface area contributed by atoms with Gasteiger partial charge in [0.2, 0.25) is 0 Å². The van der Waals surface area contributed by atoms with Crippen LogP contribution in [0.2, 0.25) is 0 Å². The number of fused-ring (bicyclic) bond motifs is 1. The molecule has 0 spiro atoms. The van der Waals surface area contributed by atoms with Gasteiger partial charge in [0, 0.05) is 25.1 Å². The van der Waals surface area contributed by atoms with Gasteiger partial charge in [-0.15, -0.1) is 0 Å². The van der Waals surface area contributed by atoms with Crippen LogP contribution in [0.3, 0.4) is 0 Å². The summed E-state index contributed by atoms with van der Waals surface area (Å²) in [7, 11) is 1.61. The minimum atomic E-state index is -0.0736. The van der Waals surface area contributed by atoms with E-state index in [4.69, 9.17) is 14.5 Å². The highest BCUT2D eigenvalue weighted by Gasteiger charge is 2.11. The van der Waals surface area contributed by atoms with E-state index in [9.17, 15) is 4.79 Å². The smallest absolute Gasteiger partial charge is 0.251 e. The van der Waals surface area contributed by atoms with E-state index in [0.717, 1.165) is 67.0 Å². The number of para-hydroxylation sites is 2. The number of aryl methyl sites for hydroxylation is 3. The number of nitrogens with one attached hydrogen (secondary N) is 1. The van der Waals surface area contributed by atoms with Crippen molar-refractivity contribution < 1.29 is 14.3 Å². The Hall–Kier alpha value is -3.80. The van der Waals surface area contributed by atoms with Crippen LogP contribution >= 0.6 is 0 Å². The average Bonchev–Trinajstić information content (AvgIpc) is 3.28. The maximum absolute atomic E-state index is 12.4. The Kier molecular flexibility index (Phi) is 8.98. The molecule has 36 heavy (non-hydrogen) atoms. The molecule has 0 saturated carbocycles. The zero-order valence-electron chi connectivity index (χ0n) is 21.2. The molecule has 0 radical (unpaired) electrons. The minimum Gasteiger partial charge on any atom is -0.497 e. The normalized spacial score (nSPS) is 10.9. The summed E-state index contributed by atoms with van der Waals surface area (Å²) >= 11 is 0. The monoisotopic (exact) mass is 485 g/mol. The predicted octanol–water partition coefficient (Wildman–Crippen LogP) is 5.83. The molecule has 0 aliphatic carbocycles. The topological polar surface area (TPSA) is 65.4 Å². The molecule has 0 atom stereocenters. The van der Waals surface area contributed by atoms with Crippen LogP contribution < -0.4 is 14.8 Å². The van der Waals surface area contributed by atoms with E-state index in [2.05, 4.69) is 47.1 Å². The van der Waals surface area contributed by atoms with Crippen molar-refractivity contribution in [1.82, 2.24) is 14.9 Å². The molecule has 4 aromatic rings. The average molecular weight is 486 g/mol. The first kappa shape index (κ1) is 25.3. The number of imidazole rings is 1. The van der Waals surface area contributed by atoms with E-state index in [0.29, 0.717) is 18.7 Å². The first-order valence-electron chi connectivity index (χ1n) is 12.8. The lowest BCUT2D eigenvalue weighted by Gasteiger charge is -2.11. The van der Waals surface area contributed by atoms with Crippen LogP contribution in [0.15, 0.2) is 72.8 Å². The number of hydrogen-bond donors (Lipinski definition) is 1. The Balaban J connectivity index is 1.27. The largest absolute Gasteiger partial charge is 0.497 e. The minimum absolute atomic E-state index is 0.0736. The highest BCUT2D eigenvalue weighted by molar-refractivity contribution is 5.94. The summed E-state index contributed by atoms with van der Waals surface area (Å²) in [6.07, 6.45) is 4.64. The number of rotatable bonds is 13. The molecule has 6 nitrogen and oxygen atoms in total. The van der Waals surface area contributed by atoms with E-state index < -0.39 is 0 Å². The van der Waals surface area contributed by atoms with Crippen LogP contribution in [0.5, 0.6) is 11.5 Å². The van der Waals surface area contributed by atoms with Gasteiger partial charge >= 0.3 is 0 Å². The Bertz CT molecular complexity index is 1250. The second-order valence-electron chi connectivity index (χ2n) is 8.81. The summed E-state index contributed by atoms with van der Waals surface area (Å²) in [5, 5.41) is 3.01. The Morgan fingerprint density at radius 1 is 0.917 bits per heavy atom. The number of carbonyl (C=O) groups is 1. The van der Waals surface area contributed by atoms with Gasteiger partial charge in [-0.3, -0.25) is 4.79 Å². The summed E-state index contributed by atoms with van der Waals surface area (Å²) < 4.78 is 13.4. The van der Waals surface area contributed by atoms with Crippen molar-refractivity contribution in [3.63, 3.8) is 0 Å². The Morgan fingerprint density at radius 2 is 1.67 bits per heavy atom. The van der Waals surface area contributed by atoms with Gasteiger partial charge in [0.05, 0.1) is 24.8 Å². The van der Waals surface area contributed by atoms with Crippen LogP contribution in [-0.2, 0) is 19.4 Å². The molecule has 1 heterocycles. The lowest BCUT2D eigenvalue weighted by atomic mass is 10.2. The first-order chi connectivity index (χ1) is 17.7. The van der Waals surface area contributed by atoms with Crippen LogP contribution in [0, 0.1) is 0 Å². The number of amides is 1. The van der Waals surface area contributed by atoms with Crippen molar-refractivity contribution in [3.05, 3.63) is 89.7 Å². The fourth-order valence-corrected chi connectivity index (χ4v) is 4.24. The molecular formula is C30H35N3O3. The zero-order valence-corrected chi connectivity index (χ0v) is 21.2. The quantitative estimate of drug-likeness (QED) is 0.242.